The lowest BCUT2D eigenvalue weighted by atomic mass is 9.95. The Bertz CT molecular complexity index is 822. The predicted molar refractivity (Wildman–Crippen MR) is 101 cm³/mol. The lowest BCUT2D eigenvalue weighted by molar-refractivity contribution is 0.219. The summed E-state index contributed by atoms with van der Waals surface area (Å²) in [7, 11) is 0. The number of hydrogen-bond donors (Lipinski definition) is 0. The molecule has 4 rings (SSSR count). The Morgan fingerprint density at radius 1 is 1.04 bits per heavy atom. The Kier molecular flexibility index (Phi) is 4.66. The van der Waals surface area contributed by atoms with Gasteiger partial charge in [-0.15, -0.1) is 0 Å². The van der Waals surface area contributed by atoms with E-state index in [2.05, 4.69) is 70.0 Å². The number of aryl methyl sites for hydroxylation is 2. The molecule has 25 heavy (non-hydrogen) atoms. The summed E-state index contributed by atoms with van der Waals surface area (Å²) in [6.07, 6.45) is 8.30. The van der Waals surface area contributed by atoms with Gasteiger partial charge in [-0.2, -0.15) is 0 Å². The van der Waals surface area contributed by atoms with Crippen LogP contribution < -0.4 is 0 Å². The third-order valence-corrected chi connectivity index (χ3v) is 5.19. The van der Waals surface area contributed by atoms with Crippen LogP contribution in [0.2, 0.25) is 0 Å². The molecular formula is C22H25N3. The lowest BCUT2D eigenvalue weighted by Crippen LogP contribution is -2.30. The molecule has 1 aliphatic heterocycles. The minimum atomic E-state index is 0.300. The second kappa shape index (κ2) is 7.24. The van der Waals surface area contributed by atoms with Gasteiger partial charge < -0.3 is 4.57 Å². The quantitative estimate of drug-likeness (QED) is 0.705. The fourth-order valence-electron chi connectivity index (χ4n) is 4.01. The van der Waals surface area contributed by atoms with Crippen LogP contribution in [0.15, 0.2) is 67.1 Å². The number of rotatable bonds is 4. The van der Waals surface area contributed by atoms with Crippen molar-refractivity contribution in [2.75, 3.05) is 6.54 Å². The molecule has 3 nitrogen and oxygen atoms in total. The van der Waals surface area contributed by atoms with Gasteiger partial charge in [0, 0.05) is 43.9 Å². The maximum absolute atomic E-state index is 4.31. The molecule has 0 saturated carbocycles. The first-order chi connectivity index (χ1) is 12.4. The molecule has 2 aromatic heterocycles. The second-order valence-corrected chi connectivity index (χ2v) is 6.77. The van der Waals surface area contributed by atoms with Crippen molar-refractivity contribution in [3.05, 3.63) is 89.5 Å². The van der Waals surface area contributed by atoms with Crippen molar-refractivity contribution in [3.63, 3.8) is 0 Å². The fourth-order valence-corrected chi connectivity index (χ4v) is 4.01. The van der Waals surface area contributed by atoms with Crippen LogP contribution in [0.25, 0.3) is 0 Å². The Hall–Kier alpha value is -2.39. The Morgan fingerprint density at radius 3 is 2.80 bits per heavy atom. The minimum absolute atomic E-state index is 0.300. The monoisotopic (exact) mass is 331 g/mol. The van der Waals surface area contributed by atoms with Gasteiger partial charge >= 0.3 is 0 Å². The molecular weight excluding hydrogens is 306 g/mol. The SMILES string of the molecule is CCc1ccccc1C1c2cccn2CCCN1Cc1cccnc1. The minimum Gasteiger partial charge on any atom is -0.350 e. The van der Waals surface area contributed by atoms with Gasteiger partial charge in [0.15, 0.2) is 0 Å². The van der Waals surface area contributed by atoms with Crippen LogP contribution in [0.3, 0.4) is 0 Å². The van der Waals surface area contributed by atoms with Crippen LogP contribution in [-0.2, 0) is 19.5 Å². The van der Waals surface area contributed by atoms with E-state index in [-0.39, 0.29) is 0 Å². The zero-order valence-electron chi connectivity index (χ0n) is 14.8. The smallest absolute Gasteiger partial charge is 0.0761 e. The first-order valence-corrected chi connectivity index (χ1v) is 9.22. The molecule has 0 aliphatic carbocycles. The van der Waals surface area contributed by atoms with Crippen molar-refractivity contribution in [1.29, 1.82) is 0 Å². The summed E-state index contributed by atoms with van der Waals surface area (Å²) in [6.45, 7) is 5.37. The summed E-state index contributed by atoms with van der Waals surface area (Å²) in [5, 5.41) is 0. The molecule has 0 amide bonds. The van der Waals surface area contributed by atoms with Gasteiger partial charge in [0.2, 0.25) is 0 Å². The summed E-state index contributed by atoms with van der Waals surface area (Å²) >= 11 is 0. The third-order valence-electron chi connectivity index (χ3n) is 5.19. The third kappa shape index (κ3) is 3.24. The summed E-state index contributed by atoms with van der Waals surface area (Å²) in [5.74, 6) is 0. The summed E-state index contributed by atoms with van der Waals surface area (Å²) in [5.41, 5.74) is 5.57. The van der Waals surface area contributed by atoms with E-state index in [1.807, 2.05) is 18.5 Å². The van der Waals surface area contributed by atoms with Crippen LogP contribution in [0.1, 0.15) is 41.8 Å². The van der Waals surface area contributed by atoms with E-state index in [4.69, 9.17) is 0 Å². The van der Waals surface area contributed by atoms with Gasteiger partial charge in [-0.1, -0.05) is 37.3 Å². The molecule has 1 aromatic carbocycles. The van der Waals surface area contributed by atoms with Crippen molar-refractivity contribution in [1.82, 2.24) is 14.5 Å². The molecule has 1 aliphatic rings. The van der Waals surface area contributed by atoms with E-state index < -0.39 is 0 Å². The Labute approximate surface area is 149 Å². The second-order valence-electron chi connectivity index (χ2n) is 6.77. The fraction of sp³-hybridized carbons (Fsp3) is 0.318. The standard InChI is InChI=1S/C22H25N3/c1-2-19-9-3-4-10-20(19)22-21-11-6-13-24(21)14-7-15-25(22)17-18-8-5-12-23-16-18/h3-6,8-13,16,22H,2,7,14-15,17H2,1H3. The molecule has 0 spiro atoms. The highest BCUT2D eigenvalue weighted by molar-refractivity contribution is 5.36. The molecule has 1 atom stereocenters. The normalized spacial score (nSPS) is 17.9. The summed E-state index contributed by atoms with van der Waals surface area (Å²) in [6, 6.07) is 17.9. The number of fused-ring (bicyclic) bond motifs is 1. The van der Waals surface area contributed by atoms with E-state index in [0.29, 0.717) is 6.04 Å². The van der Waals surface area contributed by atoms with Crippen molar-refractivity contribution >= 4 is 0 Å². The topological polar surface area (TPSA) is 21.1 Å². The molecule has 1 unspecified atom stereocenters. The van der Waals surface area contributed by atoms with Crippen molar-refractivity contribution in [2.24, 2.45) is 0 Å². The van der Waals surface area contributed by atoms with Crippen LogP contribution in [-0.4, -0.2) is 21.0 Å². The first kappa shape index (κ1) is 16.1. The average molecular weight is 331 g/mol. The molecule has 0 saturated heterocycles. The van der Waals surface area contributed by atoms with E-state index in [0.717, 1.165) is 26.1 Å². The molecule has 0 radical (unpaired) electrons. The largest absolute Gasteiger partial charge is 0.350 e. The van der Waals surface area contributed by atoms with Gasteiger partial charge in [0.05, 0.1) is 6.04 Å². The van der Waals surface area contributed by atoms with Crippen molar-refractivity contribution < 1.29 is 0 Å². The summed E-state index contributed by atoms with van der Waals surface area (Å²) < 4.78 is 2.43. The molecule has 3 aromatic rings. The molecule has 0 bridgehead atoms. The van der Waals surface area contributed by atoms with Gasteiger partial charge in [-0.05, 0) is 47.7 Å². The number of hydrogen-bond acceptors (Lipinski definition) is 2. The van der Waals surface area contributed by atoms with E-state index in [1.165, 1.54) is 28.8 Å². The zero-order valence-corrected chi connectivity index (χ0v) is 14.8. The molecule has 3 heterocycles. The average Bonchev–Trinajstić information content (AvgIpc) is 3.04. The molecule has 128 valence electrons. The highest BCUT2D eigenvalue weighted by atomic mass is 15.2. The number of nitrogens with zero attached hydrogens (tertiary/aromatic N) is 3. The first-order valence-electron chi connectivity index (χ1n) is 9.22. The van der Waals surface area contributed by atoms with Crippen LogP contribution in [0.4, 0.5) is 0 Å². The molecule has 0 fully saturated rings. The van der Waals surface area contributed by atoms with Crippen molar-refractivity contribution in [2.45, 2.75) is 38.9 Å². The number of benzene rings is 1. The highest BCUT2D eigenvalue weighted by Gasteiger charge is 2.28. The van der Waals surface area contributed by atoms with Gasteiger partial charge in [0.25, 0.3) is 0 Å². The number of pyridine rings is 1. The van der Waals surface area contributed by atoms with E-state index in [9.17, 15) is 0 Å². The summed E-state index contributed by atoms with van der Waals surface area (Å²) in [4.78, 5) is 6.92. The maximum atomic E-state index is 4.31. The lowest BCUT2D eigenvalue weighted by Gasteiger charge is -2.32. The zero-order chi connectivity index (χ0) is 17.1. The van der Waals surface area contributed by atoms with Crippen LogP contribution >= 0.6 is 0 Å². The highest BCUT2D eigenvalue weighted by Crippen LogP contribution is 2.34. The number of aromatic nitrogens is 2. The molecule has 3 heteroatoms. The van der Waals surface area contributed by atoms with Crippen LogP contribution in [0, 0.1) is 0 Å². The van der Waals surface area contributed by atoms with E-state index >= 15 is 0 Å². The molecule has 0 N–H and O–H groups in total. The van der Waals surface area contributed by atoms with Crippen LogP contribution in [0.5, 0.6) is 0 Å². The van der Waals surface area contributed by atoms with Gasteiger partial charge in [-0.3, -0.25) is 9.88 Å². The Balaban J connectivity index is 1.78. The maximum Gasteiger partial charge on any atom is 0.0761 e. The predicted octanol–water partition coefficient (Wildman–Crippen LogP) is 4.44. The van der Waals surface area contributed by atoms with Gasteiger partial charge in [-0.25, -0.2) is 0 Å². The van der Waals surface area contributed by atoms with Gasteiger partial charge in [0.1, 0.15) is 0 Å². The van der Waals surface area contributed by atoms with E-state index in [1.54, 1.807) is 0 Å². The van der Waals surface area contributed by atoms with Crippen molar-refractivity contribution in [3.8, 4) is 0 Å². The Morgan fingerprint density at radius 2 is 1.96 bits per heavy atom.